The van der Waals surface area contributed by atoms with E-state index in [1.165, 1.54) is 12.1 Å². The fraction of sp³-hybridized carbons (Fsp3) is 0.269. The molecule has 3 N–H and O–H groups in total. The molecular weight excluding hydrogens is 455 g/mol. The number of halogens is 2. The minimum atomic E-state index is -0.562. The van der Waals surface area contributed by atoms with Gasteiger partial charge in [-0.1, -0.05) is 17.7 Å². The van der Waals surface area contributed by atoms with E-state index in [-0.39, 0.29) is 10.9 Å². The highest BCUT2D eigenvalue weighted by Crippen LogP contribution is 2.40. The van der Waals surface area contributed by atoms with Crippen molar-refractivity contribution < 1.29 is 14.0 Å². The van der Waals surface area contributed by atoms with E-state index in [1.807, 2.05) is 23.1 Å². The van der Waals surface area contributed by atoms with Crippen molar-refractivity contribution >= 4 is 23.4 Å². The van der Waals surface area contributed by atoms with Crippen molar-refractivity contribution in [2.24, 2.45) is 5.73 Å². The van der Waals surface area contributed by atoms with Crippen molar-refractivity contribution in [1.29, 1.82) is 0 Å². The number of primary amides is 1. The Labute approximate surface area is 200 Å². The lowest BCUT2D eigenvalue weighted by molar-refractivity contribution is 0.0697. The fourth-order valence-electron chi connectivity index (χ4n) is 5.44. The number of carbonyl (C=O) groups is 2. The topological polar surface area (TPSA) is 88.3 Å². The van der Waals surface area contributed by atoms with Crippen molar-refractivity contribution in [2.45, 2.75) is 31.3 Å². The number of nitrogens with two attached hydrogens (primary N) is 1. The maximum absolute atomic E-state index is 13.7. The molecule has 1 aliphatic carbocycles. The molecule has 1 aromatic heterocycles. The van der Waals surface area contributed by atoms with E-state index in [4.69, 9.17) is 22.3 Å². The zero-order valence-corrected chi connectivity index (χ0v) is 19.0. The largest absolute Gasteiger partial charge is 0.366 e. The maximum atomic E-state index is 13.7. The molecule has 2 saturated heterocycles. The number of hydrogen-bond donors (Lipinski definition) is 2. The third kappa shape index (κ3) is 3.47. The summed E-state index contributed by atoms with van der Waals surface area (Å²) in [4.78, 5) is 32.3. The maximum Gasteiger partial charge on any atom is 0.253 e. The van der Waals surface area contributed by atoms with Gasteiger partial charge in [0.1, 0.15) is 5.82 Å². The Morgan fingerprint density at radius 1 is 1.09 bits per heavy atom. The highest BCUT2D eigenvalue weighted by atomic mass is 35.5. The van der Waals surface area contributed by atoms with E-state index < -0.39 is 11.7 Å². The average molecular weight is 477 g/mol. The van der Waals surface area contributed by atoms with E-state index >= 15 is 0 Å². The van der Waals surface area contributed by atoms with Gasteiger partial charge in [-0.05, 0) is 60.4 Å². The first-order valence-corrected chi connectivity index (χ1v) is 11.7. The number of nitrogens with one attached hydrogen (secondary N) is 1. The van der Waals surface area contributed by atoms with E-state index in [0.29, 0.717) is 46.6 Å². The Morgan fingerprint density at radius 3 is 2.56 bits per heavy atom. The summed E-state index contributed by atoms with van der Waals surface area (Å²) in [6, 6.07) is 12.3. The number of carbonyl (C=O) groups excluding carboxylic acids is 2. The summed E-state index contributed by atoms with van der Waals surface area (Å²) in [5.74, 6) is -1.06. The molecule has 6 rings (SSSR count). The molecule has 8 heteroatoms. The molecule has 3 aromatic rings. The molecule has 2 fully saturated rings. The third-order valence-corrected chi connectivity index (χ3v) is 7.37. The Kier molecular flexibility index (Phi) is 4.93. The second kappa shape index (κ2) is 7.89. The summed E-state index contributed by atoms with van der Waals surface area (Å²) in [5, 5.41) is 3.52. The number of hydrogen-bond acceptors (Lipinski definition) is 4. The van der Waals surface area contributed by atoms with Crippen LogP contribution >= 0.6 is 11.6 Å². The number of pyridine rings is 1. The van der Waals surface area contributed by atoms with Gasteiger partial charge in [-0.3, -0.25) is 9.59 Å². The standard InChI is InChI=1S/C26H22ClFN4O2/c27-21-9-13(2-6-22(21)28)23-10-20(25(29)33)19-8-15-7-14(1-5-18(15)24(19)31-23)26(34)32-11-16-3-4-17(12-32)30-16/h1-2,5-7,9-10,16-17,30H,3-4,8,11-12H2,(H2,29,33). The Bertz CT molecular complexity index is 1360. The van der Waals surface area contributed by atoms with E-state index in [1.54, 1.807) is 12.1 Å². The molecule has 2 atom stereocenters. The van der Waals surface area contributed by atoms with Gasteiger partial charge in [-0.15, -0.1) is 0 Å². The van der Waals surface area contributed by atoms with Crippen LogP contribution in [0.3, 0.4) is 0 Å². The Balaban J connectivity index is 1.38. The van der Waals surface area contributed by atoms with Crippen LogP contribution in [0.15, 0.2) is 42.5 Å². The number of benzene rings is 2. The van der Waals surface area contributed by atoms with Crippen LogP contribution in [0.25, 0.3) is 22.5 Å². The monoisotopic (exact) mass is 476 g/mol. The van der Waals surface area contributed by atoms with E-state index in [2.05, 4.69) is 5.32 Å². The van der Waals surface area contributed by atoms with Gasteiger partial charge in [0.25, 0.3) is 5.91 Å². The predicted molar refractivity (Wildman–Crippen MR) is 127 cm³/mol. The highest BCUT2D eigenvalue weighted by molar-refractivity contribution is 6.31. The summed E-state index contributed by atoms with van der Waals surface area (Å²) in [7, 11) is 0. The third-order valence-electron chi connectivity index (χ3n) is 7.08. The number of piperazine rings is 1. The second-order valence-corrected chi connectivity index (χ2v) is 9.68. The lowest BCUT2D eigenvalue weighted by Gasteiger charge is -2.33. The van der Waals surface area contributed by atoms with Gasteiger partial charge < -0.3 is 16.0 Å². The van der Waals surface area contributed by atoms with Crippen LogP contribution in [0.2, 0.25) is 5.02 Å². The van der Waals surface area contributed by atoms with Gasteiger partial charge in [-0.25, -0.2) is 9.37 Å². The van der Waals surface area contributed by atoms with E-state index in [0.717, 1.165) is 42.6 Å². The molecule has 6 nitrogen and oxygen atoms in total. The van der Waals surface area contributed by atoms with Crippen LogP contribution in [0.5, 0.6) is 0 Å². The zero-order chi connectivity index (χ0) is 23.6. The van der Waals surface area contributed by atoms with Crippen LogP contribution in [0.1, 0.15) is 44.7 Å². The van der Waals surface area contributed by atoms with Crippen LogP contribution in [-0.4, -0.2) is 46.9 Å². The molecular formula is C26H22ClFN4O2. The number of rotatable bonds is 3. The quantitative estimate of drug-likeness (QED) is 0.471. The second-order valence-electron chi connectivity index (χ2n) is 9.27. The minimum Gasteiger partial charge on any atom is -0.366 e. The number of fused-ring (bicyclic) bond motifs is 5. The predicted octanol–water partition coefficient (Wildman–Crippen LogP) is 3.79. The highest BCUT2D eigenvalue weighted by Gasteiger charge is 2.35. The van der Waals surface area contributed by atoms with Crippen molar-refractivity contribution in [3.8, 4) is 22.5 Å². The summed E-state index contributed by atoms with van der Waals surface area (Å²) in [5.41, 5.74) is 11.0. The number of likely N-dealkylation sites (tertiary alicyclic amines) is 1. The van der Waals surface area contributed by atoms with Crippen molar-refractivity contribution in [3.05, 3.63) is 75.6 Å². The number of amides is 2. The molecule has 172 valence electrons. The van der Waals surface area contributed by atoms with E-state index in [9.17, 15) is 14.0 Å². The smallest absolute Gasteiger partial charge is 0.253 e. The Morgan fingerprint density at radius 2 is 1.85 bits per heavy atom. The van der Waals surface area contributed by atoms with Gasteiger partial charge in [-0.2, -0.15) is 0 Å². The van der Waals surface area contributed by atoms with Crippen LogP contribution in [0.4, 0.5) is 4.39 Å². The van der Waals surface area contributed by atoms with Crippen molar-refractivity contribution in [3.63, 3.8) is 0 Å². The van der Waals surface area contributed by atoms with Gasteiger partial charge in [0, 0.05) is 53.8 Å². The summed E-state index contributed by atoms with van der Waals surface area (Å²) < 4.78 is 13.7. The molecule has 34 heavy (non-hydrogen) atoms. The van der Waals surface area contributed by atoms with Crippen molar-refractivity contribution in [1.82, 2.24) is 15.2 Å². The van der Waals surface area contributed by atoms with Crippen molar-refractivity contribution in [2.75, 3.05) is 13.1 Å². The van der Waals surface area contributed by atoms with Gasteiger partial charge >= 0.3 is 0 Å². The van der Waals surface area contributed by atoms with Crippen LogP contribution in [0, 0.1) is 5.82 Å². The summed E-state index contributed by atoms with van der Waals surface area (Å²) in [6.45, 7) is 1.45. The lowest BCUT2D eigenvalue weighted by atomic mass is 10.0. The summed E-state index contributed by atoms with van der Waals surface area (Å²) >= 11 is 5.96. The zero-order valence-electron chi connectivity index (χ0n) is 18.3. The van der Waals surface area contributed by atoms with Gasteiger partial charge in [0.05, 0.1) is 16.4 Å². The molecule has 3 heterocycles. The first-order chi connectivity index (χ1) is 16.4. The van der Waals surface area contributed by atoms with Gasteiger partial charge in [0.2, 0.25) is 5.91 Å². The fourth-order valence-corrected chi connectivity index (χ4v) is 5.62. The molecule has 2 aromatic carbocycles. The average Bonchev–Trinajstić information content (AvgIpc) is 3.37. The Hall–Kier alpha value is -3.29. The molecule has 0 radical (unpaired) electrons. The molecule has 0 spiro atoms. The molecule has 0 saturated carbocycles. The van der Waals surface area contributed by atoms with Gasteiger partial charge in [0.15, 0.2) is 0 Å². The number of nitrogens with zero attached hydrogens (tertiary/aromatic N) is 2. The molecule has 2 amide bonds. The lowest BCUT2D eigenvalue weighted by Crippen LogP contribution is -2.53. The number of aromatic nitrogens is 1. The minimum absolute atomic E-state index is 0.0228. The molecule has 3 aliphatic rings. The molecule has 2 aliphatic heterocycles. The van der Waals surface area contributed by atoms with Crippen LogP contribution in [-0.2, 0) is 6.42 Å². The first-order valence-electron chi connectivity index (χ1n) is 11.3. The summed E-state index contributed by atoms with van der Waals surface area (Å²) in [6.07, 6.45) is 2.68. The van der Waals surface area contributed by atoms with Crippen LogP contribution < -0.4 is 11.1 Å². The normalized spacial score (nSPS) is 20.2. The molecule has 2 unspecified atom stereocenters. The first kappa shape index (κ1) is 21.3. The molecule has 2 bridgehead atoms. The SMILES string of the molecule is NC(=O)c1cc(-c2ccc(F)c(Cl)c2)nc2c1Cc1cc(C(=O)N3CC4CCC(C3)N4)ccc1-2.